The Morgan fingerprint density at radius 3 is 2.18 bits per heavy atom. The molecule has 4 aromatic rings. The molecule has 3 aromatic carbocycles. The summed E-state index contributed by atoms with van der Waals surface area (Å²) in [6, 6.07) is 28.5. The van der Waals surface area contributed by atoms with Crippen LogP contribution in [0.4, 0.5) is 0 Å². The summed E-state index contributed by atoms with van der Waals surface area (Å²) in [5.41, 5.74) is 4.53. The molecular weight excluding hydrogens is 428 g/mol. The molecule has 1 N–H and O–H groups in total. The predicted molar refractivity (Wildman–Crippen MR) is 133 cm³/mol. The van der Waals surface area contributed by atoms with Crippen LogP contribution < -0.4 is 5.32 Å². The van der Waals surface area contributed by atoms with E-state index in [-0.39, 0.29) is 11.9 Å². The number of aromatic nitrogens is 3. The molecule has 0 saturated carbocycles. The Hall–Kier alpha value is -3.38. The molecular formula is C27H28N4OS. The van der Waals surface area contributed by atoms with E-state index in [1.54, 1.807) is 11.8 Å². The first kappa shape index (κ1) is 22.8. The number of carbonyl (C=O) groups excluding carboxylic acids is 1. The second-order valence-corrected chi connectivity index (χ2v) is 8.89. The fourth-order valence-electron chi connectivity index (χ4n) is 3.61. The van der Waals surface area contributed by atoms with Crippen molar-refractivity contribution >= 4 is 17.7 Å². The van der Waals surface area contributed by atoms with Gasteiger partial charge in [-0.3, -0.25) is 9.36 Å². The summed E-state index contributed by atoms with van der Waals surface area (Å²) in [6.07, 6.45) is 1.06. The van der Waals surface area contributed by atoms with E-state index in [2.05, 4.69) is 75.5 Å². The van der Waals surface area contributed by atoms with E-state index in [0.29, 0.717) is 12.8 Å². The molecule has 0 bridgehead atoms. The molecule has 168 valence electrons. The van der Waals surface area contributed by atoms with Crippen LogP contribution in [0.25, 0.3) is 5.69 Å². The summed E-state index contributed by atoms with van der Waals surface area (Å²) in [7, 11) is 0. The van der Waals surface area contributed by atoms with Crippen LogP contribution in [0.5, 0.6) is 0 Å². The molecule has 0 aliphatic heterocycles. The SMILES string of the molecule is CCC(=O)NC(Cc1ccccc1)c1nnc(SCc2ccccc2)n1-c1ccc(C)cc1. The molecule has 5 nitrogen and oxygen atoms in total. The van der Waals surface area contributed by atoms with Gasteiger partial charge in [-0.2, -0.15) is 0 Å². The van der Waals surface area contributed by atoms with E-state index in [4.69, 9.17) is 0 Å². The molecule has 1 heterocycles. The first-order valence-electron chi connectivity index (χ1n) is 11.2. The number of rotatable bonds is 9. The lowest BCUT2D eigenvalue weighted by Gasteiger charge is -2.20. The third kappa shape index (κ3) is 5.90. The number of nitrogens with one attached hydrogen (secondary N) is 1. The molecule has 0 fully saturated rings. The number of hydrogen-bond donors (Lipinski definition) is 1. The van der Waals surface area contributed by atoms with E-state index in [0.717, 1.165) is 28.0 Å². The van der Waals surface area contributed by atoms with Gasteiger partial charge in [0, 0.05) is 17.9 Å². The van der Waals surface area contributed by atoms with Gasteiger partial charge in [0.1, 0.15) is 0 Å². The minimum absolute atomic E-state index is 0.00660. The molecule has 0 aliphatic carbocycles. The monoisotopic (exact) mass is 456 g/mol. The number of benzene rings is 3. The second-order valence-electron chi connectivity index (χ2n) is 7.95. The summed E-state index contributed by atoms with van der Waals surface area (Å²) >= 11 is 1.65. The van der Waals surface area contributed by atoms with Crippen molar-refractivity contribution < 1.29 is 4.79 Å². The van der Waals surface area contributed by atoms with Gasteiger partial charge < -0.3 is 5.32 Å². The summed E-state index contributed by atoms with van der Waals surface area (Å²) in [5.74, 6) is 1.52. The normalized spacial score (nSPS) is 11.8. The van der Waals surface area contributed by atoms with E-state index in [1.165, 1.54) is 11.1 Å². The highest BCUT2D eigenvalue weighted by atomic mass is 32.2. The highest BCUT2D eigenvalue weighted by Crippen LogP contribution is 2.29. The summed E-state index contributed by atoms with van der Waals surface area (Å²) in [6.45, 7) is 3.93. The lowest BCUT2D eigenvalue weighted by molar-refractivity contribution is -0.121. The number of aryl methyl sites for hydroxylation is 1. The third-order valence-electron chi connectivity index (χ3n) is 5.41. The molecule has 0 spiro atoms. The van der Waals surface area contributed by atoms with Crippen LogP contribution in [-0.2, 0) is 17.0 Å². The molecule has 4 rings (SSSR count). The standard InChI is InChI=1S/C27H28N4OS/c1-3-25(32)28-24(18-21-10-6-4-7-11-21)26-29-30-27(33-19-22-12-8-5-9-13-22)31(26)23-16-14-20(2)15-17-23/h4-17,24H,3,18-19H2,1-2H3,(H,28,32). The number of amides is 1. The second kappa shape index (κ2) is 11.0. The lowest BCUT2D eigenvalue weighted by Crippen LogP contribution is -2.31. The first-order valence-corrected chi connectivity index (χ1v) is 12.1. The number of thioether (sulfide) groups is 1. The van der Waals surface area contributed by atoms with Crippen LogP contribution in [-0.4, -0.2) is 20.7 Å². The maximum atomic E-state index is 12.4. The average molecular weight is 457 g/mol. The Bertz CT molecular complexity index is 1170. The Kier molecular flexibility index (Phi) is 7.58. The van der Waals surface area contributed by atoms with E-state index in [1.807, 2.05) is 43.3 Å². The Labute approximate surface area is 199 Å². The van der Waals surface area contributed by atoms with Gasteiger partial charge in [-0.1, -0.05) is 97.0 Å². The fraction of sp³-hybridized carbons (Fsp3) is 0.222. The summed E-state index contributed by atoms with van der Waals surface area (Å²) < 4.78 is 2.08. The van der Waals surface area contributed by atoms with Crippen molar-refractivity contribution in [3.8, 4) is 5.69 Å². The van der Waals surface area contributed by atoms with Crippen LogP contribution in [0.15, 0.2) is 90.1 Å². The summed E-state index contributed by atoms with van der Waals surface area (Å²) in [5, 5.41) is 13.1. The minimum Gasteiger partial charge on any atom is -0.346 e. The zero-order valence-corrected chi connectivity index (χ0v) is 19.8. The maximum Gasteiger partial charge on any atom is 0.220 e. The Balaban J connectivity index is 1.73. The number of nitrogens with zero attached hydrogens (tertiary/aromatic N) is 3. The molecule has 1 aromatic heterocycles. The van der Waals surface area contributed by atoms with Crippen molar-refractivity contribution in [1.82, 2.24) is 20.1 Å². The largest absolute Gasteiger partial charge is 0.346 e. The van der Waals surface area contributed by atoms with Gasteiger partial charge in [-0.05, 0) is 36.6 Å². The van der Waals surface area contributed by atoms with Gasteiger partial charge >= 0.3 is 0 Å². The molecule has 0 aliphatic rings. The molecule has 6 heteroatoms. The topological polar surface area (TPSA) is 59.8 Å². The zero-order valence-electron chi connectivity index (χ0n) is 18.9. The molecule has 0 saturated heterocycles. The van der Waals surface area contributed by atoms with Crippen LogP contribution in [0, 0.1) is 6.92 Å². The molecule has 33 heavy (non-hydrogen) atoms. The van der Waals surface area contributed by atoms with Crippen molar-refractivity contribution in [1.29, 1.82) is 0 Å². The van der Waals surface area contributed by atoms with Gasteiger partial charge in [0.25, 0.3) is 0 Å². The van der Waals surface area contributed by atoms with Crippen molar-refractivity contribution in [2.75, 3.05) is 0 Å². The number of hydrogen-bond acceptors (Lipinski definition) is 4. The minimum atomic E-state index is -0.292. The first-order chi connectivity index (χ1) is 16.1. The van der Waals surface area contributed by atoms with Crippen molar-refractivity contribution in [3.05, 3.63) is 107 Å². The Morgan fingerprint density at radius 2 is 1.55 bits per heavy atom. The molecule has 1 amide bonds. The van der Waals surface area contributed by atoms with Gasteiger partial charge in [-0.15, -0.1) is 10.2 Å². The highest BCUT2D eigenvalue weighted by molar-refractivity contribution is 7.98. The lowest BCUT2D eigenvalue weighted by atomic mass is 10.0. The average Bonchev–Trinajstić information content (AvgIpc) is 3.28. The Morgan fingerprint density at radius 1 is 0.909 bits per heavy atom. The number of carbonyl (C=O) groups is 1. The fourth-order valence-corrected chi connectivity index (χ4v) is 4.53. The quantitative estimate of drug-likeness (QED) is 0.329. The van der Waals surface area contributed by atoms with Gasteiger partial charge in [0.2, 0.25) is 5.91 Å². The van der Waals surface area contributed by atoms with Crippen LogP contribution in [0.2, 0.25) is 0 Å². The van der Waals surface area contributed by atoms with Crippen molar-refractivity contribution in [2.45, 2.75) is 43.6 Å². The van der Waals surface area contributed by atoms with E-state index in [9.17, 15) is 4.79 Å². The zero-order chi connectivity index (χ0) is 23.0. The van der Waals surface area contributed by atoms with E-state index >= 15 is 0 Å². The van der Waals surface area contributed by atoms with Crippen LogP contribution in [0.1, 0.15) is 41.9 Å². The van der Waals surface area contributed by atoms with Gasteiger partial charge in [0.05, 0.1) is 6.04 Å². The van der Waals surface area contributed by atoms with Crippen LogP contribution >= 0.6 is 11.8 Å². The predicted octanol–water partition coefficient (Wildman–Crippen LogP) is 5.68. The molecule has 1 unspecified atom stereocenters. The van der Waals surface area contributed by atoms with Gasteiger partial charge in [0.15, 0.2) is 11.0 Å². The molecule has 1 atom stereocenters. The third-order valence-corrected chi connectivity index (χ3v) is 6.41. The van der Waals surface area contributed by atoms with E-state index < -0.39 is 0 Å². The maximum absolute atomic E-state index is 12.4. The highest BCUT2D eigenvalue weighted by Gasteiger charge is 2.24. The van der Waals surface area contributed by atoms with Crippen molar-refractivity contribution in [2.24, 2.45) is 0 Å². The smallest absolute Gasteiger partial charge is 0.220 e. The molecule has 0 radical (unpaired) electrons. The van der Waals surface area contributed by atoms with Gasteiger partial charge in [-0.25, -0.2) is 0 Å². The summed E-state index contributed by atoms with van der Waals surface area (Å²) in [4.78, 5) is 12.4. The van der Waals surface area contributed by atoms with Crippen molar-refractivity contribution in [3.63, 3.8) is 0 Å². The van der Waals surface area contributed by atoms with Crippen LogP contribution in [0.3, 0.4) is 0 Å².